The highest BCUT2D eigenvalue weighted by Crippen LogP contribution is 2.31. The van der Waals surface area contributed by atoms with E-state index < -0.39 is 5.91 Å². The summed E-state index contributed by atoms with van der Waals surface area (Å²) in [5, 5.41) is 7.70. The number of para-hydroxylation sites is 1. The largest absolute Gasteiger partial charge is 0.451 e. The Labute approximate surface area is 188 Å². The van der Waals surface area contributed by atoms with Gasteiger partial charge in [0.15, 0.2) is 10.9 Å². The molecule has 0 spiro atoms. The number of hydrogen-bond acceptors (Lipinski definition) is 4. The molecular formula is C22H15Cl2N3O2S. The minimum atomic E-state index is -0.479. The third-order valence-electron chi connectivity index (χ3n) is 4.36. The highest BCUT2D eigenvalue weighted by Gasteiger charge is 2.16. The number of nitrogens with zero attached hydrogens (tertiary/aromatic N) is 1. The van der Waals surface area contributed by atoms with Gasteiger partial charge in [-0.05, 0) is 61.6 Å². The van der Waals surface area contributed by atoms with Crippen molar-refractivity contribution in [3.05, 3.63) is 82.2 Å². The summed E-state index contributed by atoms with van der Waals surface area (Å²) >= 11 is 17.4. The van der Waals surface area contributed by atoms with Crippen LogP contribution in [-0.4, -0.2) is 16.0 Å². The molecule has 0 bridgehead atoms. The first-order valence-electron chi connectivity index (χ1n) is 8.95. The lowest BCUT2D eigenvalue weighted by Crippen LogP contribution is -2.34. The minimum Gasteiger partial charge on any atom is -0.451 e. The molecule has 0 aliphatic heterocycles. The molecule has 2 N–H and O–H groups in total. The van der Waals surface area contributed by atoms with E-state index in [4.69, 9.17) is 39.8 Å². The van der Waals surface area contributed by atoms with Crippen LogP contribution in [0.5, 0.6) is 0 Å². The number of hydrogen-bond donors (Lipinski definition) is 2. The maximum Gasteiger partial charge on any atom is 0.293 e. The number of fused-ring (bicyclic) bond motifs is 1. The van der Waals surface area contributed by atoms with Gasteiger partial charge in [0.2, 0.25) is 0 Å². The summed E-state index contributed by atoms with van der Waals surface area (Å²) in [6, 6.07) is 17.9. The van der Waals surface area contributed by atoms with E-state index in [0.29, 0.717) is 27.1 Å². The standard InChI is InChI=1S/C22H15Cl2N3O2S/c1-12-5-6-13-3-2-4-17(20(13)25-12)26-22(30)27-21(28)19-10-9-18(29-19)15-8-7-14(23)11-16(15)24/h2-11H,1H3,(H2,26,27,28,30). The normalized spacial score (nSPS) is 10.8. The molecule has 0 saturated heterocycles. The Bertz CT molecular complexity index is 1290. The molecule has 8 heteroatoms. The maximum atomic E-state index is 12.5. The number of benzene rings is 2. The fourth-order valence-electron chi connectivity index (χ4n) is 2.96. The molecule has 0 atom stereocenters. The predicted molar refractivity (Wildman–Crippen MR) is 124 cm³/mol. The van der Waals surface area contributed by atoms with Crippen molar-refractivity contribution in [3.8, 4) is 11.3 Å². The summed E-state index contributed by atoms with van der Waals surface area (Å²) in [7, 11) is 0. The average molecular weight is 456 g/mol. The molecule has 0 unspecified atom stereocenters. The molecule has 1 amide bonds. The van der Waals surface area contributed by atoms with Gasteiger partial charge in [-0.1, -0.05) is 41.4 Å². The van der Waals surface area contributed by atoms with Gasteiger partial charge in [0.25, 0.3) is 5.91 Å². The first-order valence-corrected chi connectivity index (χ1v) is 10.1. The second kappa shape index (κ2) is 8.44. The van der Waals surface area contributed by atoms with E-state index in [0.717, 1.165) is 16.6 Å². The number of nitrogens with one attached hydrogen (secondary N) is 2. The van der Waals surface area contributed by atoms with Gasteiger partial charge in [-0.25, -0.2) is 0 Å². The lowest BCUT2D eigenvalue weighted by atomic mass is 10.2. The predicted octanol–water partition coefficient (Wildman–Crippen LogP) is 6.24. The molecule has 2 heterocycles. The smallest absolute Gasteiger partial charge is 0.293 e. The molecule has 0 aliphatic carbocycles. The summed E-state index contributed by atoms with van der Waals surface area (Å²) in [6.45, 7) is 1.91. The van der Waals surface area contributed by atoms with Crippen molar-refractivity contribution >= 4 is 63.0 Å². The van der Waals surface area contributed by atoms with Crippen LogP contribution in [0.1, 0.15) is 16.2 Å². The fourth-order valence-corrected chi connectivity index (χ4v) is 3.66. The minimum absolute atomic E-state index is 0.104. The molecule has 0 aliphatic rings. The first-order chi connectivity index (χ1) is 14.4. The van der Waals surface area contributed by atoms with Crippen LogP contribution in [0.25, 0.3) is 22.2 Å². The van der Waals surface area contributed by atoms with Crippen molar-refractivity contribution in [1.29, 1.82) is 0 Å². The zero-order chi connectivity index (χ0) is 21.3. The van der Waals surface area contributed by atoms with Crippen molar-refractivity contribution in [2.75, 3.05) is 5.32 Å². The number of carbonyl (C=O) groups is 1. The van der Waals surface area contributed by atoms with Crippen LogP contribution in [0.4, 0.5) is 5.69 Å². The maximum absolute atomic E-state index is 12.5. The van der Waals surface area contributed by atoms with E-state index in [-0.39, 0.29) is 10.9 Å². The number of pyridine rings is 1. The molecule has 0 saturated carbocycles. The Balaban J connectivity index is 1.49. The van der Waals surface area contributed by atoms with Crippen LogP contribution in [0, 0.1) is 6.92 Å². The van der Waals surface area contributed by atoms with Crippen molar-refractivity contribution in [2.45, 2.75) is 6.92 Å². The van der Waals surface area contributed by atoms with Gasteiger partial charge in [0.05, 0.1) is 16.2 Å². The van der Waals surface area contributed by atoms with Crippen LogP contribution in [-0.2, 0) is 0 Å². The number of aryl methyl sites for hydroxylation is 1. The Morgan fingerprint density at radius 1 is 1.07 bits per heavy atom. The molecule has 4 aromatic rings. The third kappa shape index (κ3) is 4.31. The van der Waals surface area contributed by atoms with Gasteiger partial charge in [-0.15, -0.1) is 0 Å². The topological polar surface area (TPSA) is 67.2 Å². The summed E-state index contributed by atoms with van der Waals surface area (Å²) in [5.74, 6) is 0.0784. The second-order valence-electron chi connectivity index (χ2n) is 6.53. The van der Waals surface area contributed by atoms with Crippen molar-refractivity contribution in [1.82, 2.24) is 10.3 Å². The van der Waals surface area contributed by atoms with E-state index in [9.17, 15) is 4.79 Å². The lowest BCUT2D eigenvalue weighted by Gasteiger charge is -2.11. The molecule has 150 valence electrons. The summed E-state index contributed by atoms with van der Waals surface area (Å²) in [6.07, 6.45) is 0. The fraction of sp³-hybridized carbons (Fsp3) is 0.0455. The molecule has 30 heavy (non-hydrogen) atoms. The van der Waals surface area contributed by atoms with E-state index in [1.807, 2.05) is 37.3 Å². The van der Waals surface area contributed by atoms with Crippen molar-refractivity contribution in [2.24, 2.45) is 0 Å². The van der Waals surface area contributed by atoms with Gasteiger partial charge in [-0.3, -0.25) is 15.1 Å². The van der Waals surface area contributed by atoms with E-state index >= 15 is 0 Å². The number of halogens is 2. The van der Waals surface area contributed by atoms with E-state index in [1.54, 1.807) is 30.3 Å². The zero-order valence-corrected chi connectivity index (χ0v) is 18.0. The highest BCUT2D eigenvalue weighted by atomic mass is 35.5. The van der Waals surface area contributed by atoms with Crippen molar-refractivity contribution in [3.63, 3.8) is 0 Å². The molecular weight excluding hydrogens is 441 g/mol. The molecule has 0 radical (unpaired) electrons. The summed E-state index contributed by atoms with van der Waals surface area (Å²) in [5.41, 5.74) is 3.00. The quantitative estimate of drug-likeness (QED) is 0.358. The van der Waals surface area contributed by atoms with Crippen LogP contribution in [0.2, 0.25) is 10.0 Å². The number of thiocarbonyl (C=S) groups is 1. The van der Waals surface area contributed by atoms with Gasteiger partial charge >= 0.3 is 0 Å². The number of anilines is 1. The number of rotatable bonds is 3. The van der Waals surface area contributed by atoms with Crippen LogP contribution < -0.4 is 10.6 Å². The monoisotopic (exact) mass is 455 g/mol. The Morgan fingerprint density at radius 2 is 1.90 bits per heavy atom. The third-order valence-corrected chi connectivity index (χ3v) is 5.11. The zero-order valence-electron chi connectivity index (χ0n) is 15.7. The number of amides is 1. The Morgan fingerprint density at radius 3 is 2.70 bits per heavy atom. The lowest BCUT2D eigenvalue weighted by molar-refractivity contribution is 0.0951. The van der Waals surface area contributed by atoms with Gasteiger partial charge in [0, 0.05) is 21.7 Å². The summed E-state index contributed by atoms with van der Waals surface area (Å²) < 4.78 is 5.65. The summed E-state index contributed by atoms with van der Waals surface area (Å²) in [4.78, 5) is 17.1. The SMILES string of the molecule is Cc1ccc2cccc(NC(=S)NC(=O)c3ccc(-c4ccc(Cl)cc4Cl)o3)c2n1. The van der Waals surface area contributed by atoms with Crippen LogP contribution in [0.15, 0.2) is 65.1 Å². The van der Waals surface area contributed by atoms with Gasteiger partial charge in [-0.2, -0.15) is 0 Å². The van der Waals surface area contributed by atoms with Crippen LogP contribution in [0.3, 0.4) is 0 Å². The molecule has 4 rings (SSSR count). The Hall–Kier alpha value is -2.93. The highest BCUT2D eigenvalue weighted by molar-refractivity contribution is 7.80. The second-order valence-corrected chi connectivity index (χ2v) is 7.78. The number of carbonyl (C=O) groups excluding carboxylic acids is 1. The molecule has 5 nitrogen and oxygen atoms in total. The van der Waals surface area contributed by atoms with E-state index in [2.05, 4.69) is 15.6 Å². The molecule has 0 fully saturated rings. The van der Waals surface area contributed by atoms with Gasteiger partial charge in [0.1, 0.15) is 5.76 Å². The first kappa shape index (κ1) is 20.3. The molecule has 2 aromatic heterocycles. The molecule has 2 aromatic carbocycles. The van der Waals surface area contributed by atoms with E-state index in [1.165, 1.54) is 0 Å². The average Bonchev–Trinajstić information content (AvgIpc) is 3.18. The van der Waals surface area contributed by atoms with Gasteiger partial charge < -0.3 is 9.73 Å². The number of furan rings is 1. The Kier molecular flexibility index (Phi) is 5.72. The van der Waals surface area contributed by atoms with Crippen molar-refractivity contribution < 1.29 is 9.21 Å². The number of aromatic nitrogens is 1. The van der Waals surface area contributed by atoms with Crippen LogP contribution >= 0.6 is 35.4 Å².